The molecule has 2 aromatic heterocycles. The summed E-state index contributed by atoms with van der Waals surface area (Å²) in [7, 11) is 1.53. The van der Waals surface area contributed by atoms with Crippen molar-refractivity contribution in [2.24, 2.45) is 5.11 Å². The highest BCUT2D eigenvalue weighted by Gasteiger charge is 2.31. The van der Waals surface area contributed by atoms with Gasteiger partial charge in [-0.05, 0) is 55.9 Å². The number of anilines is 2. The van der Waals surface area contributed by atoms with E-state index in [0.717, 1.165) is 43.2 Å². The van der Waals surface area contributed by atoms with E-state index in [1.165, 1.54) is 7.11 Å². The number of rotatable bonds is 9. The summed E-state index contributed by atoms with van der Waals surface area (Å²) in [5.41, 5.74) is 9.44. The average molecular weight is 474 g/mol. The summed E-state index contributed by atoms with van der Waals surface area (Å²) in [6.45, 7) is 1.47. The van der Waals surface area contributed by atoms with Crippen molar-refractivity contribution in [2.45, 2.75) is 57.1 Å². The molecule has 3 aromatic rings. The number of methoxy groups -OCH3 is 1. The van der Waals surface area contributed by atoms with E-state index in [9.17, 15) is 13.9 Å². The molecular formula is C23H29F2N7O2. The van der Waals surface area contributed by atoms with Crippen molar-refractivity contribution in [1.82, 2.24) is 14.6 Å². The van der Waals surface area contributed by atoms with Gasteiger partial charge in [-0.1, -0.05) is 13.0 Å². The van der Waals surface area contributed by atoms with Crippen LogP contribution in [0.4, 0.5) is 26.1 Å². The predicted molar refractivity (Wildman–Crippen MR) is 125 cm³/mol. The topological polar surface area (TPSA) is 120 Å². The van der Waals surface area contributed by atoms with Gasteiger partial charge in [0.1, 0.15) is 11.2 Å². The third-order valence-corrected chi connectivity index (χ3v) is 6.45. The molecule has 1 aliphatic rings. The summed E-state index contributed by atoms with van der Waals surface area (Å²) < 4.78 is 32.6. The highest BCUT2D eigenvalue weighted by atomic mass is 19.3. The van der Waals surface area contributed by atoms with Gasteiger partial charge in [0, 0.05) is 17.8 Å². The zero-order chi connectivity index (χ0) is 24.3. The van der Waals surface area contributed by atoms with E-state index in [4.69, 9.17) is 10.3 Å². The van der Waals surface area contributed by atoms with Crippen molar-refractivity contribution in [3.05, 3.63) is 30.5 Å². The number of ether oxygens (including phenoxy) is 1. The maximum atomic E-state index is 12.7. The Bertz CT molecular complexity index is 1160. The molecule has 0 radical (unpaired) electrons. The first-order valence-corrected chi connectivity index (χ1v) is 11.3. The van der Waals surface area contributed by atoms with Crippen LogP contribution in [0.1, 0.15) is 39.0 Å². The van der Waals surface area contributed by atoms with Crippen LogP contribution in [0.5, 0.6) is 5.88 Å². The van der Waals surface area contributed by atoms with Crippen molar-refractivity contribution >= 4 is 22.8 Å². The van der Waals surface area contributed by atoms with E-state index in [0.29, 0.717) is 23.0 Å². The molecule has 182 valence electrons. The van der Waals surface area contributed by atoms with Gasteiger partial charge >= 0.3 is 0 Å². The molecule has 1 aromatic carbocycles. The minimum Gasteiger partial charge on any atom is -0.479 e. The summed E-state index contributed by atoms with van der Waals surface area (Å²) in [4.78, 5) is 4.55. The second-order valence-corrected chi connectivity index (χ2v) is 8.58. The number of benzene rings is 1. The molecule has 4 N–H and O–H groups in total. The van der Waals surface area contributed by atoms with Crippen LogP contribution < -0.4 is 15.4 Å². The number of alkyl halides is 2. The van der Waals surface area contributed by atoms with Gasteiger partial charge < -0.3 is 20.5 Å². The second-order valence-electron chi connectivity index (χ2n) is 8.58. The Kier molecular flexibility index (Phi) is 6.92. The molecule has 1 aliphatic carbocycles. The van der Waals surface area contributed by atoms with Gasteiger partial charge in [0.2, 0.25) is 11.8 Å². The lowest BCUT2D eigenvalue weighted by Crippen LogP contribution is -2.38. The third kappa shape index (κ3) is 4.93. The fourth-order valence-corrected chi connectivity index (χ4v) is 4.39. The molecular weight excluding hydrogens is 444 g/mol. The lowest BCUT2D eigenvalue weighted by molar-refractivity contribution is -0.00199. The standard InChI is InChI=1S/C23H29F2N7O2/c1-3-23(33)9-6-15(7-10-23)28-22-29-21(34-2)20-16(8-11-32(20)31-22)14-4-5-17(30-26)18(12-14)27-13-19(24)25/h4-5,8,11-12,15,19,26-27,33H,3,6-7,9-10,13H2,1-2H3,(H,28,31). The molecule has 0 unspecified atom stereocenters. The van der Waals surface area contributed by atoms with E-state index < -0.39 is 18.6 Å². The van der Waals surface area contributed by atoms with E-state index in [2.05, 4.69) is 25.8 Å². The molecule has 9 nitrogen and oxygen atoms in total. The Labute approximate surface area is 196 Å². The minimum absolute atomic E-state index is 0.161. The Morgan fingerprint density at radius 1 is 1.32 bits per heavy atom. The van der Waals surface area contributed by atoms with E-state index in [1.54, 1.807) is 28.9 Å². The first-order chi connectivity index (χ1) is 16.4. The van der Waals surface area contributed by atoms with Crippen LogP contribution in [-0.2, 0) is 0 Å². The number of nitrogens with one attached hydrogen (secondary N) is 3. The molecule has 34 heavy (non-hydrogen) atoms. The third-order valence-electron chi connectivity index (χ3n) is 6.45. The number of hydrogen-bond acceptors (Lipinski definition) is 8. The number of hydrogen-bond donors (Lipinski definition) is 4. The molecule has 2 heterocycles. The molecule has 1 fully saturated rings. The number of aromatic nitrogens is 3. The van der Waals surface area contributed by atoms with Crippen LogP contribution in [0, 0.1) is 5.53 Å². The van der Waals surface area contributed by atoms with E-state index >= 15 is 0 Å². The Hall–Kier alpha value is -3.34. The van der Waals surface area contributed by atoms with Gasteiger partial charge in [-0.25, -0.2) is 18.8 Å². The largest absolute Gasteiger partial charge is 0.479 e. The molecule has 0 aliphatic heterocycles. The summed E-state index contributed by atoms with van der Waals surface area (Å²) in [6.07, 6.45) is 3.12. The summed E-state index contributed by atoms with van der Waals surface area (Å²) in [5.74, 6) is 0.802. The van der Waals surface area contributed by atoms with Crippen LogP contribution in [0.3, 0.4) is 0 Å². The van der Waals surface area contributed by atoms with E-state index in [1.807, 2.05) is 13.0 Å². The molecule has 0 atom stereocenters. The van der Waals surface area contributed by atoms with Crippen LogP contribution >= 0.6 is 0 Å². The first kappa shape index (κ1) is 23.8. The molecule has 0 spiro atoms. The lowest BCUT2D eigenvalue weighted by Gasteiger charge is -2.35. The number of fused-ring (bicyclic) bond motifs is 1. The summed E-state index contributed by atoms with van der Waals surface area (Å²) in [5, 5.41) is 24.5. The smallest absolute Gasteiger partial charge is 0.255 e. The summed E-state index contributed by atoms with van der Waals surface area (Å²) >= 11 is 0. The van der Waals surface area contributed by atoms with Crippen molar-refractivity contribution in [3.63, 3.8) is 0 Å². The molecule has 0 amide bonds. The van der Waals surface area contributed by atoms with Gasteiger partial charge in [-0.3, -0.25) is 0 Å². The molecule has 11 heteroatoms. The maximum absolute atomic E-state index is 12.7. The predicted octanol–water partition coefficient (Wildman–Crippen LogP) is 5.24. The van der Waals surface area contributed by atoms with Crippen molar-refractivity contribution in [3.8, 4) is 17.0 Å². The van der Waals surface area contributed by atoms with Crippen molar-refractivity contribution < 1.29 is 18.6 Å². The van der Waals surface area contributed by atoms with Crippen LogP contribution in [0.2, 0.25) is 0 Å². The number of halogens is 2. The van der Waals surface area contributed by atoms with Crippen LogP contribution in [0.25, 0.3) is 16.6 Å². The summed E-state index contributed by atoms with van der Waals surface area (Å²) in [6, 6.07) is 7.05. The second kappa shape index (κ2) is 9.88. The molecule has 0 bridgehead atoms. The highest BCUT2D eigenvalue weighted by molar-refractivity contribution is 5.87. The van der Waals surface area contributed by atoms with Gasteiger partial charge in [0.15, 0.2) is 0 Å². The zero-order valence-corrected chi connectivity index (χ0v) is 19.2. The monoisotopic (exact) mass is 473 g/mol. The Morgan fingerprint density at radius 3 is 2.74 bits per heavy atom. The minimum atomic E-state index is -2.53. The van der Waals surface area contributed by atoms with Gasteiger partial charge in [-0.2, -0.15) is 10.1 Å². The fraction of sp³-hybridized carbons (Fsp3) is 0.478. The van der Waals surface area contributed by atoms with Crippen molar-refractivity contribution in [2.75, 3.05) is 24.3 Å². The van der Waals surface area contributed by atoms with Crippen molar-refractivity contribution in [1.29, 1.82) is 5.53 Å². The molecule has 1 saturated carbocycles. The van der Waals surface area contributed by atoms with Gasteiger partial charge in [0.05, 0.1) is 24.9 Å². The number of aliphatic hydroxyl groups is 1. The molecule has 0 saturated heterocycles. The Morgan fingerprint density at radius 2 is 2.09 bits per heavy atom. The van der Waals surface area contributed by atoms with Gasteiger partial charge in [0.25, 0.3) is 6.43 Å². The maximum Gasteiger partial charge on any atom is 0.255 e. The first-order valence-electron chi connectivity index (χ1n) is 11.3. The Balaban J connectivity index is 1.62. The molecule has 4 rings (SSSR count). The quantitative estimate of drug-likeness (QED) is 0.316. The van der Waals surface area contributed by atoms with Gasteiger partial charge in [-0.15, -0.1) is 5.10 Å². The average Bonchev–Trinajstić information content (AvgIpc) is 3.27. The normalized spacial score (nSPS) is 20.5. The zero-order valence-electron chi connectivity index (χ0n) is 19.2. The fourth-order valence-electron chi connectivity index (χ4n) is 4.39. The lowest BCUT2D eigenvalue weighted by atomic mass is 9.80. The SMILES string of the molecule is CCC1(O)CCC(Nc2nc(OC)c3c(-c4ccc(N=N)c(NCC(F)F)c4)ccn3n2)CC1. The highest BCUT2D eigenvalue weighted by Crippen LogP contribution is 2.36. The number of nitrogens with zero attached hydrogens (tertiary/aromatic N) is 4. The van der Waals surface area contributed by atoms with E-state index in [-0.39, 0.29) is 11.7 Å². The van der Waals surface area contributed by atoms with Crippen LogP contribution in [-0.4, -0.2) is 51.4 Å². The van der Waals surface area contributed by atoms with Crippen LogP contribution in [0.15, 0.2) is 35.6 Å².